The second-order valence-corrected chi connectivity index (χ2v) is 3.58. The number of amides is 1. The number of cyclic esters (lactones) is 1. The van der Waals surface area contributed by atoms with Gasteiger partial charge in [0.1, 0.15) is 6.10 Å². The van der Waals surface area contributed by atoms with Crippen molar-refractivity contribution in [1.29, 1.82) is 0 Å². The van der Waals surface area contributed by atoms with Gasteiger partial charge in [0, 0.05) is 0 Å². The average molecular weight is 192 g/mol. The van der Waals surface area contributed by atoms with Crippen LogP contribution in [0.15, 0.2) is 24.3 Å². The predicted molar refractivity (Wildman–Crippen MR) is 53.0 cm³/mol. The van der Waals surface area contributed by atoms with E-state index in [0.717, 1.165) is 10.9 Å². The fourth-order valence-corrected chi connectivity index (χ4v) is 1.57. The molecule has 0 unspecified atom stereocenters. The lowest BCUT2D eigenvalue weighted by Crippen LogP contribution is -2.23. The van der Waals surface area contributed by atoms with Crippen LogP contribution in [0.4, 0.5) is 4.79 Å². The molecule has 1 N–H and O–H groups in total. The van der Waals surface area contributed by atoms with Crippen LogP contribution >= 0.6 is 0 Å². The Balaban J connectivity index is 2.25. The van der Waals surface area contributed by atoms with Crippen LogP contribution in [0.1, 0.15) is 24.2 Å². The summed E-state index contributed by atoms with van der Waals surface area (Å²) in [5, 5.41) is 0.879. The van der Waals surface area contributed by atoms with Crippen molar-refractivity contribution in [3.8, 4) is 0 Å². The molecule has 1 aromatic rings. The molecule has 1 aliphatic heterocycles. The topological polar surface area (TPSA) is 38.3 Å². The molecule has 1 fully saturated rings. The summed E-state index contributed by atoms with van der Waals surface area (Å²) in [6.07, 6.45) is -0.899. The number of nitrogens with one attached hydrogen (secondary N) is 1. The van der Waals surface area contributed by atoms with Gasteiger partial charge in [-0.15, -0.1) is 0 Å². The second-order valence-electron chi connectivity index (χ2n) is 3.58. The quantitative estimate of drug-likeness (QED) is 0.740. The van der Waals surface area contributed by atoms with Crippen molar-refractivity contribution >= 4 is 6.09 Å². The predicted octanol–water partition coefficient (Wildman–Crippen LogP) is 2.16. The van der Waals surface area contributed by atoms with Gasteiger partial charge in [0.2, 0.25) is 0 Å². The van der Waals surface area contributed by atoms with Gasteiger partial charge in [-0.25, -0.2) is 4.79 Å². The van der Waals surface area contributed by atoms with E-state index in [0.29, 0.717) is 0 Å². The van der Waals surface area contributed by atoms with E-state index >= 15 is 0 Å². The third-order valence-electron chi connectivity index (χ3n) is 2.38. The Labute approximate surface area is 84.5 Å². The summed E-state index contributed by atoms with van der Waals surface area (Å²) in [5.41, 5.74) is 2.11. The van der Waals surface area contributed by atoms with Gasteiger partial charge in [0.05, 0.1) is 6.04 Å². The van der Waals surface area contributed by atoms with E-state index in [2.05, 4.69) is 0 Å². The first-order valence-corrected chi connectivity index (χ1v) is 4.65. The van der Waals surface area contributed by atoms with E-state index in [1.54, 1.807) is 0 Å². The molecule has 0 aromatic heterocycles. The number of benzene rings is 1. The number of alkyl carbamates (subject to hydrolysis) is 1. The standard InChI is InChI=1S/C11H13NO2/c1-7-3-5-9(6-4-7)10-8(2)12-11(13)14-10/h3-6,8,10H,1-2H3,(H,12,13)/t8-,10-/m1/s1/i/hD. The number of carbonyl (C=O) groups is 1. The first-order valence-electron chi connectivity index (χ1n) is 5.09. The zero-order valence-electron chi connectivity index (χ0n) is 9.23. The lowest BCUT2D eigenvalue weighted by atomic mass is 10.0. The Kier molecular flexibility index (Phi) is 1.87. The maximum absolute atomic E-state index is 11.2. The van der Waals surface area contributed by atoms with Crippen molar-refractivity contribution in [3.05, 3.63) is 35.4 Å². The SMILES string of the molecule is [2H]N1C(=O)O[C@@H](c2ccc(C)cc2)[C@H]1C. The molecule has 2 atom stereocenters. The highest BCUT2D eigenvalue weighted by atomic mass is 16.6. The minimum Gasteiger partial charge on any atom is -0.439 e. The zero-order valence-corrected chi connectivity index (χ0v) is 8.23. The fourth-order valence-electron chi connectivity index (χ4n) is 1.57. The van der Waals surface area contributed by atoms with Crippen LogP contribution in [0.2, 0.25) is 1.41 Å². The lowest BCUT2D eigenvalue weighted by Gasteiger charge is -2.12. The number of aryl methyl sites for hydroxylation is 1. The second kappa shape index (κ2) is 3.33. The van der Waals surface area contributed by atoms with Gasteiger partial charge in [-0.3, -0.25) is 0 Å². The van der Waals surface area contributed by atoms with Crippen molar-refractivity contribution in [3.63, 3.8) is 0 Å². The maximum atomic E-state index is 11.2. The molecular formula is C11H13NO2. The molecule has 3 heteroatoms. The highest BCUT2D eigenvalue weighted by molar-refractivity contribution is 5.70. The number of hydrogen-bond acceptors (Lipinski definition) is 2. The first kappa shape index (κ1) is 7.85. The van der Waals surface area contributed by atoms with Crippen LogP contribution in [-0.2, 0) is 4.74 Å². The highest BCUT2D eigenvalue weighted by Gasteiger charge is 2.31. The summed E-state index contributed by atoms with van der Waals surface area (Å²) < 4.78 is 12.5. The monoisotopic (exact) mass is 192 g/mol. The molecule has 0 bridgehead atoms. The molecule has 2 rings (SSSR count). The number of carbonyl (C=O) groups excluding carboxylic acids is 1. The first-order chi connectivity index (χ1) is 7.09. The summed E-state index contributed by atoms with van der Waals surface area (Å²) in [7, 11) is 0. The number of rotatable bonds is 1. The molecule has 1 amide bonds. The van der Waals surface area contributed by atoms with Gasteiger partial charge in [-0.2, -0.15) is 0 Å². The Morgan fingerprint density at radius 1 is 1.43 bits per heavy atom. The van der Waals surface area contributed by atoms with Crippen molar-refractivity contribution < 1.29 is 10.9 Å². The van der Waals surface area contributed by atoms with Gasteiger partial charge in [0.15, 0.2) is 1.41 Å². The minimum atomic E-state index is -0.576. The van der Waals surface area contributed by atoms with E-state index < -0.39 is 6.09 Å². The lowest BCUT2D eigenvalue weighted by molar-refractivity contribution is 0.134. The smallest absolute Gasteiger partial charge is 0.408 e. The summed E-state index contributed by atoms with van der Waals surface area (Å²) in [6, 6.07) is 7.58. The number of ether oxygens (including phenoxy) is 1. The van der Waals surface area contributed by atoms with Gasteiger partial charge in [0.25, 0.3) is 0 Å². The van der Waals surface area contributed by atoms with Crippen LogP contribution < -0.4 is 5.31 Å². The minimum absolute atomic E-state index is 0.236. The van der Waals surface area contributed by atoms with E-state index in [1.165, 1.54) is 5.56 Å². The van der Waals surface area contributed by atoms with Crippen LogP contribution in [0.25, 0.3) is 0 Å². The Morgan fingerprint density at radius 2 is 2.07 bits per heavy atom. The van der Waals surface area contributed by atoms with E-state index in [4.69, 9.17) is 6.15 Å². The third-order valence-corrected chi connectivity index (χ3v) is 2.38. The Morgan fingerprint density at radius 3 is 2.57 bits per heavy atom. The van der Waals surface area contributed by atoms with E-state index in [1.807, 2.05) is 38.1 Å². The summed E-state index contributed by atoms with van der Waals surface area (Å²) >= 11 is 0. The van der Waals surface area contributed by atoms with Gasteiger partial charge in [-0.1, -0.05) is 29.8 Å². The highest BCUT2D eigenvalue weighted by Crippen LogP contribution is 2.25. The molecule has 74 valence electrons. The molecular weight excluding hydrogens is 178 g/mol. The number of hydrogen-bond donors (Lipinski definition) is 1. The molecule has 0 radical (unpaired) electrons. The van der Waals surface area contributed by atoms with Crippen molar-refractivity contribution in [2.24, 2.45) is 0 Å². The zero-order chi connectivity index (χ0) is 11.0. The fraction of sp³-hybridized carbons (Fsp3) is 0.364. The molecule has 1 heterocycles. The van der Waals surface area contributed by atoms with Crippen LogP contribution in [-0.4, -0.2) is 12.1 Å². The summed E-state index contributed by atoms with van der Waals surface area (Å²) in [6.45, 7) is 3.81. The Bertz CT molecular complexity index is 377. The van der Waals surface area contributed by atoms with Crippen molar-refractivity contribution in [2.45, 2.75) is 26.0 Å². The molecule has 1 saturated heterocycles. The van der Waals surface area contributed by atoms with Crippen LogP contribution in [0, 0.1) is 6.92 Å². The van der Waals surface area contributed by atoms with Crippen molar-refractivity contribution in [2.75, 3.05) is 0 Å². The van der Waals surface area contributed by atoms with Crippen LogP contribution in [0.5, 0.6) is 0 Å². The van der Waals surface area contributed by atoms with Gasteiger partial charge < -0.3 is 10.0 Å². The Hall–Kier alpha value is -1.51. The maximum Gasteiger partial charge on any atom is 0.408 e. The van der Waals surface area contributed by atoms with Gasteiger partial charge >= 0.3 is 6.09 Å². The van der Waals surface area contributed by atoms with E-state index in [9.17, 15) is 4.79 Å². The molecule has 14 heavy (non-hydrogen) atoms. The normalized spacial score (nSPS) is 27.4. The van der Waals surface area contributed by atoms with E-state index in [-0.39, 0.29) is 12.1 Å². The summed E-state index contributed by atoms with van der Waals surface area (Å²) in [4.78, 5) is 11.2. The van der Waals surface area contributed by atoms with Gasteiger partial charge in [-0.05, 0) is 19.4 Å². The summed E-state index contributed by atoms with van der Waals surface area (Å²) in [5.74, 6) is 0. The molecule has 1 aliphatic rings. The molecule has 0 aliphatic carbocycles. The average Bonchev–Trinajstić information content (AvgIpc) is 2.47. The molecule has 0 saturated carbocycles. The van der Waals surface area contributed by atoms with Crippen molar-refractivity contribution in [1.82, 2.24) is 5.31 Å². The van der Waals surface area contributed by atoms with Crippen LogP contribution in [0.3, 0.4) is 0 Å². The third kappa shape index (κ3) is 1.58. The molecule has 3 nitrogen and oxygen atoms in total. The molecule has 1 aromatic carbocycles. The molecule has 0 spiro atoms. The largest absolute Gasteiger partial charge is 0.439 e.